The van der Waals surface area contributed by atoms with Crippen LogP contribution in [0.2, 0.25) is 0 Å². The zero-order valence-corrected chi connectivity index (χ0v) is 16.0. The lowest BCUT2D eigenvalue weighted by molar-refractivity contribution is 0.103. The van der Waals surface area contributed by atoms with E-state index in [1.54, 1.807) is 11.8 Å². The van der Waals surface area contributed by atoms with Crippen molar-refractivity contribution in [2.75, 3.05) is 0 Å². The molecule has 0 radical (unpaired) electrons. The molecule has 1 heterocycles. The fourth-order valence-electron chi connectivity index (χ4n) is 3.06. The molecular weight excluding hydrogens is 354 g/mol. The molecule has 1 atom stereocenters. The van der Waals surface area contributed by atoms with Crippen LogP contribution in [-0.4, -0.2) is 20.8 Å². The van der Waals surface area contributed by atoms with E-state index in [1.165, 1.54) is 0 Å². The topological polar surface area (TPSA) is 47.8 Å². The molecule has 5 heteroatoms. The first-order chi connectivity index (χ1) is 13.1. The van der Waals surface area contributed by atoms with Crippen LogP contribution >= 0.6 is 11.8 Å². The van der Waals surface area contributed by atoms with Gasteiger partial charge in [-0.2, -0.15) is 0 Å². The summed E-state index contributed by atoms with van der Waals surface area (Å²) < 4.78 is 1.90. The number of fused-ring (bicyclic) bond motifs is 1. The average molecular weight is 373 g/mol. The highest BCUT2D eigenvalue weighted by Gasteiger charge is 2.18. The summed E-state index contributed by atoms with van der Waals surface area (Å²) in [5, 5.41) is 8.54. The Morgan fingerprint density at radius 1 is 1.00 bits per heavy atom. The van der Waals surface area contributed by atoms with Gasteiger partial charge in [0.25, 0.3) is 0 Å². The Morgan fingerprint density at radius 3 is 2.56 bits per heavy atom. The third-order valence-corrected chi connectivity index (χ3v) is 5.59. The molecule has 0 aliphatic heterocycles. The van der Waals surface area contributed by atoms with Crippen molar-refractivity contribution < 1.29 is 4.79 Å². The molecule has 0 amide bonds. The molecule has 4 nitrogen and oxygen atoms in total. The number of carbonyl (C=O) groups excluding carboxylic acids is 1. The Labute approximate surface area is 162 Å². The summed E-state index contributed by atoms with van der Waals surface area (Å²) in [5.74, 6) is 0.0393. The van der Waals surface area contributed by atoms with E-state index in [1.807, 2.05) is 84.4 Å². The Morgan fingerprint density at radius 2 is 1.74 bits per heavy atom. The number of hydrogen-bond donors (Lipinski definition) is 0. The molecule has 0 saturated carbocycles. The lowest BCUT2D eigenvalue weighted by atomic mass is 10.0. The molecule has 0 aliphatic carbocycles. The number of para-hydroxylation sites is 1. The highest BCUT2D eigenvalue weighted by atomic mass is 32.2. The van der Waals surface area contributed by atoms with E-state index in [0.717, 1.165) is 27.1 Å². The van der Waals surface area contributed by atoms with Gasteiger partial charge in [-0.15, -0.1) is 5.10 Å². The van der Waals surface area contributed by atoms with Crippen molar-refractivity contribution in [2.24, 2.45) is 0 Å². The fourth-order valence-corrected chi connectivity index (χ4v) is 4.11. The monoisotopic (exact) mass is 373 g/mol. The second-order valence-corrected chi connectivity index (χ2v) is 7.79. The minimum Gasteiger partial charge on any atom is -0.289 e. The van der Waals surface area contributed by atoms with Crippen LogP contribution < -0.4 is 0 Å². The first kappa shape index (κ1) is 17.5. The van der Waals surface area contributed by atoms with E-state index >= 15 is 0 Å². The van der Waals surface area contributed by atoms with Crippen LogP contribution in [0.3, 0.4) is 0 Å². The SMILES string of the molecule is Cc1ccc(SC(C)n2nnc3ccccc32)c(C(=O)c2ccccc2)c1. The van der Waals surface area contributed by atoms with Crippen LogP contribution in [0.25, 0.3) is 11.0 Å². The van der Waals surface area contributed by atoms with E-state index in [9.17, 15) is 4.79 Å². The number of ketones is 1. The van der Waals surface area contributed by atoms with Gasteiger partial charge in [0.05, 0.1) is 5.52 Å². The fraction of sp³-hybridized carbons (Fsp3) is 0.136. The predicted octanol–water partition coefficient (Wildman–Crippen LogP) is 5.28. The maximum absolute atomic E-state index is 13.1. The number of thioether (sulfide) groups is 1. The largest absolute Gasteiger partial charge is 0.289 e. The molecule has 0 saturated heterocycles. The molecule has 3 aromatic carbocycles. The van der Waals surface area contributed by atoms with E-state index in [4.69, 9.17) is 0 Å². The quantitative estimate of drug-likeness (QED) is 0.353. The van der Waals surface area contributed by atoms with Gasteiger partial charge < -0.3 is 0 Å². The van der Waals surface area contributed by atoms with Crippen LogP contribution in [0.1, 0.15) is 33.8 Å². The number of carbonyl (C=O) groups is 1. The van der Waals surface area contributed by atoms with Crippen LogP contribution in [-0.2, 0) is 0 Å². The Bertz CT molecular complexity index is 1100. The Hall–Kier alpha value is -2.92. The summed E-state index contributed by atoms with van der Waals surface area (Å²) in [5.41, 5.74) is 4.35. The second kappa shape index (κ2) is 7.37. The van der Waals surface area contributed by atoms with Crippen molar-refractivity contribution in [3.05, 3.63) is 89.5 Å². The molecular formula is C22H19N3OS. The third kappa shape index (κ3) is 3.51. The number of aromatic nitrogens is 3. The zero-order chi connectivity index (χ0) is 18.8. The first-order valence-corrected chi connectivity index (χ1v) is 9.68. The van der Waals surface area contributed by atoms with Crippen molar-refractivity contribution >= 4 is 28.6 Å². The van der Waals surface area contributed by atoms with E-state index < -0.39 is 0 Å². The maximum atomic E-state index is 13.1. The van der Waals surface area contributed by atoms with Gasteiger partial charge in [0.2, 0.25) is 0 Å². The lowest BCUT2D eigenvalue weighted by Gasteiger charge is -2.15. The van der Waals surface area contributed by atoms with E-state index in [-0.39, 0.29) is 11.2 Å². The smallest absolute Gasteiger partial charge is 0.194 e. The standard InChI is InChI=1S/C22H19N3OS/c1-15-12-13-21(18(14-15)22(26)17-8-4-3-5-9-17)27-16(2)25-20-11-7-6-10-19(20)23-24-25/h3-14,16H,1-2H3. The van der Waals surface area contributed by atoms with Gasteiger partial charge in [-0.25, -0.2) is 4.68 Å². The molecule has 4 rings (SSSR count). The molecule has 134 valence electrons. The normalized spacial score (nSPS) is 12.2. The molecule has 0 N–H and O–H groups in total. The summed E-state index contributed by atoms with van der Waals surface area (Å²) >= 11 is 1.61. The lowest BCUT2D eigenvalue weighted by Crippen LogP contribution is -2.07. The number of nitrogens with zero attached hydrogens (tertiary/aromatic N) is 3. The second-order valence-electron chi connectivity index (χ2n) is 6.43. The highest BCUT2D eigenvalue weighted by Crippen LogP contribution is 2.35. The van der Waals surface area contributed by atoms with Gasteiger partial charge in [0.1, 0.15) is 10.9 Å². The van der Waals surface area contributed by atoms with Crippen molar-refractivity contribution in [1.29, 1.82) is 0 Å². The molecule has 0 aliphatic rings. The maximum Gasteiger partial charge on any atom is 0.194 e. The summed E-state index contributed by atoms with van der Waals surface area (Å²) in [4.78, 5) is 14.0. The van der Waals surface area contributed by atoms with Gasteiger partial charge in [-0.1, -0.05) is 71.1 Å². The van der Waals surface area contributed by atoms with E-state index in [2.05, 4.69) is 17.2 Å². The minimum atomic E-state index is 0.00225. The van der Waals surface area contributed by atoms with Crippen molar-refractivity contribution in [3.8, 4) is 0 Å². The van der Waals surface area contributed by atoms with Crippen LogP contribution in [0.4, 0.5) is 0 Å². The average Bonchev–Trinajstić information content (AvgIpc) is 3.14. The third-order valence-electron chi connectivity index (χ3n) is 4.43. The molecule has 1 unspecified atom stereocenters. The van der Waals surface area contributed by atoms with Crippen molar-refractivity contribution in [3.63, 3.8) is 0 Å². The molecule has 1 aromatic heterocycles. The summed E-state index contributed by atoms with van der Waals surface area (Å²) in [6.07, 6.45) is 0. The number of benzene rings is 3. The summed E-state index contributed by atoms with van der Waals surface area (Å²) in [7, 11) is 0. The summed E-state index contributed by atoms with van der Waals surface area (Å²) in [6.45, 7) is 4.08. The van der Waals surface area contributed by atoms with Gasteiger partial charge in [0.15, 0.2) is 5.78 Å². The van der Waals surface area contributed by atoms with Gasteiger partial charge in [-0.05, 0) is 38.1 Å². The number of rotatable bonds is 5. The van der Waals surface area contributed by atoms with Crippen molar-refractivity contribution in [2.45, 2.75) is 24.1 Å². The zero-order valence-electron chi connectivity index (χ0n) is 15.2. The molecule has 0 spiro atoms. The van der Waals surface area contributed by atoms with Gasteiger partial charge >= 0.3 is 0 Å². The van der Waals surface area contributed by atoms with Crippen LogP contribution in [0, 0.1) is 6.92 Å². The number of hydrogen-bond acceptors (Lipinski definition) is 4. The highest BCUT2D eigenvalue weighted by molar-refractivity contribution is 7.99. The Balaban J connectivity index is 1.69. The first-order valence-electron chi connectivity index (χ1n) is 8.80. The number of aryl methyl sites for hydroxylation is 1. The molecule has 4 aromatic rings. The van der Waals surface area contributed by atoms with E-state index in [0.29, 0.717) is 5.56 Å². The predicted molar refractivity (Wildman–Crippen MR) is 109 cm³/mol. The van der Waals surface area contributed by atoms with Crippen LogP contribution in [0.15, 0.2) is 77.7 Å². The summed E-state index contributed by atoms with van der Waals surface area (Å²) in [6, 6.07) is 23.3. The van der Waals surface area contributed by atoms with Gasteiger partial charge in [-0.3, -0.25) is 4.79 Å². The minimum absolute atomic E-state index is 0.00225. The molecule has 0 bridgehead atoms. The van der Waals surface area contributed by atoms with Gasteiger partial charge in [0, 0.05) is 16.0 Å². The molecule has 27 heavy (non-hydrogen) atoms. The Kier molecular flexibility index (Phi) is 4.77. The molecule has 0 fully saturated rings. The van der Waals surface area contributed by atoms with Crippen LogP contribution in [0.5, 0.6) is 0 Å². The van der Waals surface area contributed by atoms with Crippen molar-refractivity contribution in [1.82, 2.24) is 15.0 Å².